The summed E-state index contributed by atoms with van der Waals surface area (Å²) >= 11 is 0. The largest absolute Gasteiger partial charge is 0.493 e. The fourth-order valence-electron chi connectivity index (χ4n) is 2.40. The number of hydrogen-bond acceptors (Lipinski definition) is 6. The van der Waals surface area contributed by atoms with Crippen LogP contribution in [0.4, 0.5) is 17.1 Å². The molecule has 144 valence electrons. The molecule has 0 amide bonds. The Balaban J connectivity index is 1.75. The Morgan fingerprint density at radius 1 is 0.750 bits per heavy atom. The van der Waals surface area contributed by atoms with Crippen molar-refractivity contribution in [2.45, 2.75) is 4.90 Å². The number of azo groups is 1. The summed E-state index contributed by atoms with van der Waals surface area (Å²) in [6.45, 7) is 0. The summed E-state index contributed by atoms with van der Waals surface area (Å²) < 4.78 is 38.1. The summed E-state index contributed by atoms with van der Waals surface area (Å²) in [5.41, 5.74) is 1.76. The Morgan fingerprint density at radius 3 is 1.96 bits per heavy atom. The van der Waals surface area contributed by atoms with E-state index < -0.39 is 10.0 Å². The maximum Gasteiger partial charge on any atom is 0.262 e. The van der Waals surface area contributed by atoms with E-state index in [1.807, 2.05) is 30.3 Å². The number of nitrogens with zero attached hydrogens (tertiary/aromatic N) is 2. The van der Waals surface area contributed by atoms with Gasteiger partial charge in [-0.2, -0.15) is 10.2 Å². The maximum atomic E-state index is 12.6. The van der Waals surface area contributed by atoms with Crippen molar-refractivity contribution < 1.29 is 17.9 Å². The SMILES string of the molecule is COc1ccc(S(=O)(=O)Nc2ccc(N=Nc3ccccc3)cc2)cc1OC. The van der Waals surface area contributed by atoms with Crippen LogP contribution in [0.15, 0.2) is 87.9 Å². The van der Waals surface area contributed by atoms with Crippen molar-refractivity contribution in [1.82, 2.24) is 0 Å². The van der Waals surface area contributed by atoms with Crippen molar-refractivity contribution in [2.75, 3.05) is 18.9 Å². The Morgan fingerprint density at radius 2 is 1.36 bits per heavy atom. The highest BCUT2D eigenvalue weighted by molar-refractivity contribution is 7.92. The summed E-state index contributed by atoms with van der Waals surface area (Å²) in [7, 11) is -0.843. The molecule has 7 nitrogen and oxygen atoms in total. The van der Waals surface area contributed by atoms with E-state index in [4.69, 9.17) is 9.47 Å². The number of hydrogen-bond donors (Lipinski definition) is 1. The molecule has 0 spiro atoms. The molecule has 0 heterocycles. The molecule has 0 radical (unpaired) electrons. The molecule has 0 aliphatic rings. The molecular formula is C20H19N3O4S. The summed E-state index contributed by atoms with van der Waals surface area (Å²) in [5.74, 6) is 0.789. The van der Waals surface area contributed by atoms with Gasteiger partial charge in [0.15, 0.2) is 11.5 Å². The topological polar surface area (TPSA) is 89.4 Å². The van der Waals surface area contributed by atoms with E-state index in [0.29, 0.717) is 22.9 Å². The molecule has 0 bridgehead atoms. The molecule has 0 aliphatic carbocycles. The first-order valence-electron chi connectivity index (χ1n) is 8.33. The van der Waals surface area contributed by atoms with Crippen molar-refractivity contribution in [2.24, 2.45) is 10.2 Å². The second-order valence-electron chi connectivity index (χ2n) is 5.70. The highest BCUT2D eigenvalue weighted by Crippen LogP contribution is 2.30. The van der Waals surface area contributed by atoms with Crippen molar-refractivity contribution in [3.05, 3.63) is 72.8 Å². The van der Waals surface area contributed by atoms with Gasteiger partial charge in [0, 0.05) is 11.8 Å². The van der Waals surface area contributed by atoms with E-state index in [1.165, 1.54) is 26.4 Å². The minimum absolute atomic E-state index is 0.0676. The van der Waals surface area contributed by atoms with Gasteiger partial charge in [0.05, 0.1) is 30.5 Å². The predicted molar refractivity (Wildman–Crippen MR) is 107 cm³/mol. The standard InChI is InChI=1S/C20H19N3O4S/c1-26-19-13-12-18(14-20(19)27-2)28(24,25)23-17-10-8-16(9-11-17)22-21-15-6-4-3-5-7-15/h3-14,23H,1-2H3. The average Bonchev–Trinajstić information content (AvgIpc) is 2.73. The van der Waals surface area contributed by atoms with Gasteiger partial charge >= 0.3 is 0 Å². The summed E-state index contributed by atoms with van der Waals surface area (Å²) in [6.07, 6.45) is 0. The Bertz CT molecular complexity index is 1070. The van der Waals surface area contributed by atoms with E-state index in [9.17, 15) is 8.42 Å². The molecular weight excluding hydrogens is 378 g/mol. The summed E-state index contributed by atoms with van der Waals surface area (Å²) in [6, 6.07) is 20.3. The Kier molecular flexibility index (Phi) is 5.90. The normalized spacial score (nSPS) is 11.4. The van der Waals surface area contributed by atoms with Crippen LogP contribution in [-0.4, -0.2) is 22.6 Å². The van der Waals surface area contributed by atoms with Crippen LogP contribution in [0.3, 0.4) is 0 Å². The highest BCUT2D eigenvalue weighted by Gasteiger charge is 2.17. The molecule has 0 saturated heterocycles. The van der Waals surface area contributed by atoms with Crippen LogP contribution < -0.4 is 14.2 Å². The Hall–Kier alpha value is -3.39. The van der Waals surface area contributed by atoms with Gasteiger partial charge < -0.3 is 9.47 Å². The molecule has 1 N–H and O–H groups in total. The van der Waals surface area contributed by atoms with Crippen LogP contribution in [0, 0.1) is 0 Å². The first-order chi connectivity index (χ1) is 13.5. The lowest BCUT2D eigenvalue weighted by Crippen LogP contribution is -2.13. The molecule has 0 atom stereocenters. The van der Waals surface area contributed by atoms with Crippen molar-refractivity contribution >= 4 is 27.1 Å². The number of benzene rings is 3. The second-order valence-corrected chi connectivity index (χ2v) is 7.39. The van der Waals surface area contributed by atoms with E-state index in [1.54, 1.807) is 30.3 Å². The molecule has 3 rings (SSSR count). The van der Waals surface area contributed by atoms with Crippen LogP contribution in [-0.2, 0) is 10.0 Å². The van der Waals surface area contributed by atoms with Gasteiger partial charge in [-0.1, -0.05) is 18.2 Å². The van der Waals surface area contributed by atoms with Gasteiger partial charge in [0.25, 0.3) is 10.0 Å². The quantitative estimate of drug-likeness (QED) is 0.573. The molecule has 0 aromatic heterocycles. The lowest BCUT2D eigenvalue weighted by atomic mass is 10.3. The minimum atomic E-state index is -3.78. The zero-order valence-electron chi connectivity index (χ0n) is 15.4. The molecule has 0 fully saturated rings. The molecule has 0 aliphatic heterocycles. The van der Waals surface area contributed by atoms with Gasteiger partial charge in [-0.25, -0.2) is 8.42 Å². The highest BCUT2D eigenvalue weighted by atomic mass is 32.2. The van der Waals surface area contributed by atoms with Crippen LogP contribution in [0.1, 0.15) is 0 Å². The Labute approximate surface area is 163 Å². The lowest BCUT2D eigenvalue weighted by Gasteiger charge is -2.11. The third kappa shape index (κ3) is 4.66. The molecule has 0 saturated carbocycles. The van der Waals surface area contributed by atoms with E-state index in [0.717, 1.165) is 5.69 Å². The first kappa shape index (κ1) is 19.4. The van der Waals surface area contributed by atoms with E-state index >= 15 is 0 Å². The second kappa shape index (κ2) is 8.53. The zero-order chi connectivity index (χ0) is 20.0. The van der Waals surface area contributed by atoms with E-state index in [2.05, 4.69) is 15.0 Å². The zero-order valence-corrected chi connectivity index (χ0v) is 16.2. The predicted octanol–water partition coefficient (Wildman–Crippen LogP) is 4.92. The number of anilines is 1. The van der Waals surface area contributed by atoms with Crippen molar-refractivity contribution in [1.29, 1.82) is 0 Å². The van der Waals surface area contributed by atoms with Gasteiger partial charge in [-0.15, -0.1) is 0 Å². The van der Waals surface area contributed by atoms with Crippen molar-refractivity contribution in [3.63, 3.8) is 0 Å². The monoisotopic (exact) mass is 397 g/mol. The third-order valence-corrected chi connectivity index (χ3v) is 5.20. The molecule has 3 aromatic carbocycles. The first-order valence-corrected chi connectivity index (χ1v) is 9.82. The third-order valence-electron chi connectivity index (χ3n) is 3.82. The fourth-order valence-corrected chi connectivity index (χ4v) is 3.48. The molecule has 28 heavy (non-hydrogen) atoms. The number of nitrogens with one attached hydrogen (secondary N) is 1. The van der Waals surface area contributed by atoms with Crippen LogP contribution in [0.5, 0.6) is 11.5 Å². The number of ether oxygens (including phenoxy) is 2. The van der Waals surface area contributed by atoms with Crippen LogP contribution in [0.25, 0.3) is 0 Å². The average molecular weight is 397 g/mol. The smallest absolute Gasteiger partial charge is 0.262 e. The minimum Gasteiger partial charge on any atom is -0.493 e. The number of methoxy groups -OCH3 is 2. The summed E-state index contributed by atoms with van der Waals surface area (Å²) in [4.78, 5) is 0.0676. The van der Waals surface area contributed by atoms with Crippen LogP contribution >= 0.6 is 0 Å². The van der Waals surface area contributed by atoms with Gasteiger partial charge in [-0.05, 0) is 48.5 Å². The molecule has 8 heteroatoms. The molecule has 0 unspecified atom stereocenters. The van der Waals surface area contributed by atoms with Gasteiger partial charge in [0.2, 0.25) is 0 Å². The van der Waals surface area contributed by atoms with E-state index in [-0.39, 0.29) is 4.90 Å². The molecule has 3 aromatic rings. The number of rotatable bonds is 7. The number of sulfonamides is 1. The lowest BCUT2D eigenvalue weighted by molar-refractivity contribution is 0.354. The van der Waals surface area contributed by atoms with Gasteiger partial charge in [0.1, 0.15) is 0 Å². The van der Waals surface area contributed by atoms with Gasteiger partial charge in [-0.3, -0.25) is 4.72 Å². The maximum absolute atomic E-state index is 12.6. The van der Waals surface area contributed by atoms with Crippen LogP contribution in [0.2, 0.25) is 0 Å². The summed E-state index contributed by atoms with van der Waals surface area (Å²) in [5, 5.41) is 8.26. The fraction of sp³-hybridized carbons (Fsp3) is 0.100. The van der Waals surface area contributed by atoms with Crippen molar-refractivity contribution in [3.8, 4) is 11.5 Å².